The van der Waals surface area contributed by atoms with E-state index in [-0.39, 0.29) is 28.1 Å². The van der Waals surface area contributed by atoms with Crippen LogP contribution in [0.15, 0.2) is 23.1 Å². The van der Waals surface area contributed by atoms with Gasteiger partial charge < -0.3 is 20.1 Å². The van der Waals surface area contributed by atoms with Gasteiger partial charge in [-0.1, -0.05) is 0 Å². The number of carbonyl (C=O) groups is 1. The monoisotopic (exact) mass is 491 g/mol. The number of sulfonamides is 1. The molecule has 0 spiro atoms. The number of methoxy groups -OCH3 is 2. The SMILES string of the molecule is COc1ccc(S(=O)(=O)N2CCCC(CNC(=O)NC34CC5CC(CC(C5)C3)C4)C2)c(OC)c1. The highest BCUT2D eigenvalue weighted by Crippen LogP contribution is 2.55. The normalized spacial score (nSPS) is 32.9. The van der Waals surface area contributed by atoms with Crippen LogP contribution < -0.4 is 20.1 Å². The zero-order valence-electron chi connectivity index (χ0n) is 20.2. The van der Waals surface area contributed by atoms with Crippen LogP contribution in [-0.4, -0.2) is 58.1 Å². The molecule has 4 bridgehead atoms. The molecule has 1 saturated heterocycles. The molecule has 188 valence electrons. The van der Waals surface area contributed by atoms with E-state index in [1.807, 2.05) is 0 Å². The van der Waals surface area contributed by atoms with Gasteiger partial charge in [-0.25, -0.2) is 13.2 Å². The van der Waals surface area contributed by atoms with Crippen molar-refractivity contribution in [1.82, 2.24) is 14.9 Å². The third-order valence-corrected chi connectivity index (χ3v) is 10.3. The molecule has 0 aromatic heterocycles. The minimum absolute atomic E-state index is 0.0221. The second-order valence-electron chi connectivity index (χ2n) is 10.9. The lowest BCUT2D eigenvalue weighted by Gasteiger charge is -2.56. The lowest BCUT2D eigenvalue weighted by Crippen LogP contribution is -2.61. The highest BCUT2D eigenvalue weighted by molar-refractivity contribution is 7.89. The van der Waals surface area contributed by atoms with E-state index in [9.17, 15) is 13.2 Å². The van der Waals surface area contributed by atoms with Crippen LogP contribution in [0.1, 0.15) is 51.4 Å². The topological polar surface area (TPSA) is 97.0 Å². The van der Waals surface area contributed by atoms with Gasteiger partial charge >= 0.3 is 6.03 Å². The van der Waals surface area contributed by atoms with Gasteiger partial charge in [-0.2, -0.15) is 4.31 Å². The molecule has 4 aliphatic carbocycles. The van der Waals surface area contributed by atoms with E-state index in [4.69, 9.17) is 9.47 Å². The van der Waals surface area contributed by atoms with Crippen molar-refractivity contribution in [2.45, 2.75) is 61.8 Å². The highest BCUT2D eigenvalue weighted by atomic mass is 32.2. The molecule has 0 radical (unpaired) electrons. The van der Waals surface area contributed by atoms with Crippen LogP contribution in [-0.2, 0) is 10.0 Å². The molecule has 1 heterocycles. The largest absolute Gasteiger partial charge is 0.497 e. The summed E-state index contributed by atoms with van der Waals surface area (Å²) in [5, 5.41) is 6.41. The molecule has 1 aromatic carbocycles. The van der Waals surface area contributed by atoms with Crippen molar-refractivity contribution in [1.29, 1.82) is 0 Å². The third-order valence-electron chi connectivity index (χ3n) is 8.44. The van der Waals surface area contributed by atoms with Crippen LogP contribution >= 0.6 is 0 Å². The van der Waals surface area contributed by atoms with Crippen molar-refractivity contribution < 1.29 is 22.7 Å². The molecule has 2 N–H and O–H groups in total. The summed E-state index contributed by atoms with van der Waals surface area (Å²) in [5.41, 5.74) is -0.0221. The average Bonchev–Trinajstić information content (AvgIpc) is 2.81. The Labute approximate surface area is 202 Å². The van der Waals surface area contributed by atoms with Gasteiger partial charge in [0.05, 0.1) is 14.2 Å². The summed E-state index contributed by atoms with van der Waals surface area (Å²) >= 11 is 0. The van der Waals surface area contributed by atoms with Crippen LogP contribution in [0, 0.1) is 23.7 Å². The maximum Gasteiger partial charge on any atom is 0.315 e. The fourth-order valence-electron chi connectivity index (χ4n) is 7.32. The molecule has 5 fully saturated rings. The number of hydrogen-bond acceptors (Lipinski definition) is 5. The van der Waals surface area contributed by atoms with E-state index in [2.05, 4.69) is 10.6 Å². The predicted molar refractivity (Wildman–Crippen MR) is 128 cm³/mol. The van der Waals surface area contributed by atoms with Gasteiger partial charge in [0.2, 0.25) is 10.0 Å². The van der Waals surface area contributed by atoms with E-state index < -0.39 is 10.0 Å². The third kappa shape index (κ3) is 4.61. The Kier molecular flexibility index (Phi) is 6.44. The summed E-state index contributed by atoms with van der Waals surface area (Å²) in [4.78, 5) is 13.0. The molecular formula is C25H37N3O5S. The highest BCUT2D eigenvalue weighted by Gasteiger charge is 2.51. The first-order chi connectivity index (χ1) is 16.3. The first-order valence-electron chi connectivity index (χ1n) is 12.6. The second-order valence-corrected chi connectivity index (χ2v) is 12.8. The lowest BCUT2D eigenvalue weighted by atomic mass is 9.53. The van der Waals surface area contributed by atoms with Gasteiger partial charge in [0.25, 0.3) is 0 Å². The van der Waals surface area contributed by atoms with Gasteiger partial charge in [0, 0.05) is 31.2 Å². The number of ether oxygens (including phenoxy) is 2. The molecule has 9 heteroatoms. The summed E-state index contributed by atoms with van der Waals surface area (Å²) in [7, 11) is -0.723. The Morgan fingerprint density at radius 2 is 1.76 bits per heavy atom. The number of nitrogens with zero attached hydrogens (tertiary/aromatic N) is 1. The summed E-state index contributed by atoms with van der Waals surface area (Å²) < 4.78 is 38.8. The first kappa shape index (κ1) is 23.7. The summed E-state index contributed by atoms with van der Waals surface area (Å²) in [5.74, 6) is 3.22. The van der Waals surface area contributed by atoms with E-state index in [1.165, 1.54) is 43.9 Å². The number of amides is 2. The van der Waals surface area contributed by atoms with E-state index in [0.717, 1.165) is 49.9 Å². The Bertz CT molecular complexity index is 992. The lowest BCUT2D eigenvalue weighted by molar-refractivity contribution is -0.0135. The number of nitrogens with one attached hydrogen (secondary N) is 2. The predicted octanol–water partition coefficient (Wildman–Crippen LogP) is 3.37. The van der Waals surface area contributed by atoms with E-state index in [0.29, 0.717) is 25.4 Å². The van der Waals surface area contributed by atoms with Gasteiger partial charge in [-0.15, -0.1) is 0 Å². The van der Waals surface area contributed by atoms with Crippen LogP contribution in [0.25, 0.3) is 0 Å². The summed E-state index contributed by atoms with van der Waals surface area (Å²) in [6.45, 7) is 1.33. The summed E-state index contributed by atoms with van der Waals surface area (Å²) in [6, 6.07) is 4.66. The standard InChI is InChI=1S/C25H37N3O5S/c1-32-21-5-6-23(22(11-21)33-2)34(30,31)28-7-3-4-17(16-28)15-26-24(29)27-25-12-18-8-19(13-25)10-20(9-18)14-25/h5-6,11,17-20H,3-4,7-10,12-16H2,1-2H3,(H2,26,27,29). The van der Waals surface area contributed by atoms with Gasteiger partial charge in [0.15, 0.2) is 0 Å². The summed E-state index contributed by atoms with van der Waals surface area (Å²) in [6.07, 6.45) is 9.03. The average molecular weight is 492 g/mol. The van der Waals surface area contributed by atoms with E-state index >= 15 is 0 Å². The molecular weight excluding hydrogens is 454 g/mol. The van der Waals surface area contributed by atoms with E-state index in [1.54, 1.807) is 12.1 Å². The van der Waals surface area contributed by atoms with Crippen molar-refractivity contribution in [3.8, 4) is 11.5 Å². The minimum Gasteiger partial charge on any atom is -0.497 e. The Balaban J connectivity index is 1.18. The van der Waals surface area contributed by atoms with Crippen LogP contribution in [0.5, 0.6) is 11.5 Å². The van der Waals surface area contributed by atoms with Gasteiger partial charge in [-0.3, -0.25) is 0 Å². The zero-order valence-corrected chi connectivity index (χ0v) is 21.0. The van der Waals surface area contributed by atoms with Crippen LogP contribution in [0.2, 0.25) is 0 Å². The second kappa shape index (κ2) is 9.22. The number of rotatable bonds is 7. The van der Waals surface area contributed by atoms with Gasteiger partial charge in [-0.05, 0) is 87.2 Å². The van der Waals surface area contributed by atoms with Crippen molar-refractivity contribution in [3.05, 3.63) is 18.2 Å². The minimum atomic E-state index is -3.71. The number of carbonyl (C=O) groups excluding carboxylic acids is 1. The fourth-order valence-corrected chi connectivity index (χ4v) is 9.02. The molecule has 8 nitrogen and oxygen atoms in total. The Morgan fingerprint density at radius 1 is 1.09 bits per heavy atom. The van der Waals surface area contributed by atoms with Crippen LogP contribution in [0.3, 0.4) is 0 Å². The van der Waals surface area contributed by atoms with Crippen molar-refractivity contribution in [3.63, 3.8) is 0 Å². The molecule has 1 atom stereocenters. The van der Waals surface area contributed by atoms with Crippen molar-refractivity contribution in [2.75, 3.05) is 33.9 Å². The van der Waals surface area contributed by atoms with Gasteiger partial charge in [0.1, 0.15) is 16.4 Å². The quantitative estimate of drug-likeness (QED) is 0.610. The molecule has 1 unspecified atom stereocenters. The Morgan fingerprint density at radius 3 is 2.38 bits per heavy atom. The number of hydrogen-bond donors (Lipinski definition) is 2. The fraction of sp³-hybridized carbons (Fsp3) is 0.720. The molecule has 2 amide bonds. The number of benzene rings is 1. The number of urea groups is 1. The van der Waals surface area contributed by atoms with Crippen LogP contribution in [0.4, 0.5) is 4.79 Å². The Hall–Kier alpha value is -2.00. The molecule has 6 rings (SSSR count). The molecule has 1 aliphatic heterocycles. The first-order valence-corrected chi connectivity index (χ1v) is 14.0. The van der Waals surface area contributed by atoms with Crippen molar-refractivity contribution in [2.24, 2.45) is 23.7 Å². The smallest absolute Gasteiger partial charge is 0.315 e. The molecule has 1 aromatic rings. The molecule has 4 saturated carbocycles. The zero-order chi connectivity index (χ0) is 23.9. The maximum absolute atomic E-state index is 13.4. The molecule has 34 heavy (non-hydrogen) atoms. The number of piperidine rings is 1. The van der Waals surface area contributed by atoms with Crippen molar-refractivity contribution >= 4 is 16.1 Å². The maximum atomic E-state index is 13.4. The molecule has 5 aliphatic rings.